The van der Waals surface area contributed by atoms with Gasteiger partial charge in [0.05, 0.1) is 0 Å². The monoisotopic (exact) mass is 231 g/mol. The maximum absolute atomic E-state index is 11.5. The van der Waals surface area contributed by atoms with Crippen molar-refractivity contribution < 1.29 is 4.79 Å². The third-order valence-electron chi connectivity index (χ3n) is 1.62. The summed E-state index contributed by atoms with van der Waals surface area (Å²) in [6, 6.07) is 6.93. The van der Waals surface area contributed by atoms with E-state index in [1.54, 1.807) is 38.1 Å². The summed E-state index contributed by atoms with van der Waals surface area (Å²) in [4.78, 5) is 10.5. The molecule has 1 amide bonds. The van der Waals surface area contributed by atoms with Crippen molar-refractivity contribution in [3.05, 3.63) is 29.3 Å². The second-order valence-corrected chi connectivity index (χ2v) is 4.82. The van der Waals surface area contributed by atoms with Gasteiger partial charge in [0.2, 0.25) is 5.91 Å². The zero-order chi connectivity index (χ0) is 10.8. The molecular weight excluding hydrogens is 221 g/mol. The van der Waals surface area contributed by atoms with Crippen LogP contribution < -0.4 is 5.32 Å². The lowest BCUT2D eigenvalue weighted by Gasteiger charge is -2.15. The first-order valence-electron chi connectivity index (χ1n) is 4.15. The zero-order valence-corrected chi connectivity index (χ0v) is 9.49. The molecule has 0 aliphatic rings. The number of carbonyl (C=O) groups is 1. The first-order valence-corrected chi connectivity index (χ1v) is 4.91. The minimum atomic E-state index is -0.914. The molecule has 4 heteroatoms. The number of alkyl halides is 1. The Morgan fingerprint density at radius 1 is 1.43 bits per heavy atom. The van der Waals surface area contributed by atoms with Gasteiger partial charge < -0.3 is 5.32 Å². The van der Waals surface area contributed by atoms with Gasteiger partial charge in [-0.3, -0.25) is 4.79 Å². The predicted molar refractivity (Wildman–Crippen MR) is 60.0 cm³/mol. The van der Waals surface area contributed by atoms with Gasteiger partial charge in [-0.15, -0.1) is 11.6 Å². The van der Waals surface area contributed by atoms with Crippen LogP contribution in [-0.2, 0) is 4.79 Å². The van der Waals surface area contributed by atoms with Crippen LogP contribution in [0.5, 0.6) is 0 Å². The van der Waals surface area contributed by atoms with Gasteiger partial charge in [-0.2, -0.15) is 0 Å². The summed E-state index contributed by atoms with van der Waals surface area (Å²) < 4.78 is 0. The average molecular weight is 232 g/mol. The van der Waals surface area contributed by atoms with Gasteiger partial charge in [0.15, 0.2) is 0 Å². The summed E-state index contributed by atoms with van der Waals surface area (Å²) in [5.41, 5.74) is 0.649. The standard InChI is InChI=1S/C10H11Cl2NO/c1-10(2,12)9(14)13-8-5-3-4-7(11)6-8/h3-6H,1-2H3,(H,13,14). The molecule has 14 heavy (non-hydrogen) atoms. The molecule has 1 N–H and O–H groups in total. The number of anilines is 1. The van der Waals surface area contributed by atoms with Gasteiger partial charge in [0, 0.05) is 10.7 Å². The summed E-state index contributed by atoms with van der Waals surface area (Å²) in [5, 5.41) is 3.25. The Balaban J connectivity index is 2.75. The van der Waals surface area contributed by atoms with Crippen LogP contribution in [0.2, 0.25) is 5.02 Å². The molecule has 1 rings (SSSR count). The normalized spacial score (nSPS) is 11.1. The fourth-order valence-electron chi connectivity index (χ4n) is 0.846. The molecule has 0 heterocycles. The van der Waals surface area contributed by atoms with Crippen LogP contribution in [0.1, 0.15) is 13.8 Å². The van der Waals surface area contributed by atoms with Crippen molar-refractivity contribution in [2.24, 2.45) is 0 Å². The lowest BCUT2D eigenvalue weighted by molar-refractivity contribution is -0.117. The minimum absolute atomic E-state index is 0.249. The van der Waals surface area contributed by atoms with Crippen molar-refractivity contribution in [3.8, 4) is 0 Å². The lowest BCUT2D eigenvalue weighted by atomic mass is 10.2. The fraction of sp³-hybridized carbons (Fsp3) is 0.300. The van der Waals surface area contributed by atoms with Gasteiger partial charge in [-0.25, -0.2) is 0 Å². The van der Waals surface area contributed by atoms with Crippen molar-refractivity contribution in [1.82, 2.24) is 0 Å². The van der Waals surface area contributed by atoms with Crippen LogP contribution in [0.3, 0.4) is 0 Å². The number of nitrogens with one attached hydrogen (secondary N) is 1. The highest BCUT2D eigenvalue weighted by Gasteiger charge is 2.23. The molecule has 0 bridgehead atoms. The van der Waals surface area contributed by atoms with Crippen LogP contribution in [0.4, 0.5) is 5.69 Å². The molecule has 0 aromatic heterocycles. The third-order valence-corrected chi connectivity index (χ3v) is 2.03. The maximum Gasteiger partial charge on any atom is 0.244 e. The van der Waals surface area contributed by atoms with E-state index in [-0.39, 0.29) is 5.91 Å². The first-order chi connectivity index (χ1) is 6.39. The van der Waals surface area contributed by atoms with E-state index >= 15 is 0 Å². The Hall–Kier alpha value is -0.730. The number of carbonyl (C=O) groups excluding carboxylic acids is 1. The number of amides is 1. The molecule has 2 nitrogen and oxygen atoms in total. The van der Waals surface area contributed by atoms with Crippen LogP contribution in [0.15, 0.2) is 24.3 Å². The Morgan fingerprint density at radius 3 is 2.57 bits per heavy atom. The smallest absolute Gasteiger partial charge is 0.244 e. The van der Waals surface area contributed by atoms with E-state index in [1.807, 2.05) is 0 Å². The lowest BCUT2D eigenvalue weighted by Crippen LogP contribution is -2.31. The van der Waals surface area contributed by atoms with E-state index in [1.165, 1.54) is 0 Å². The van der Waals surface area contributed by atoms with Crippen molar-refractivity contribution in [2.45, 2.75) is 18.7 Å². The van der Waals surface area contributed by atoms with E-state index in [2.05, 4.69) is 5.32 Å². The molecule has 76 valence electrons. The molecule has 0 unspecified atom stereocenters. The maximum atomic E-state index is 11.5. The van der Waals surface area contributed by atoms with Crippen molar-refractivity contribution in [3.63, 3.8) is 0 Å². The van der Waals surface area contributed by atoms with E-state index in [0.717, 1.165) is 0 Å². The zero-order valence-electron chi connectivity index (χ0n) is 7.97. The van der Waals surface area contributed by atoms with Crippen molar-refractivity contribution >= 4 is 34.8 Å². The van der Waals surface area contributed by atoms with Gasteiger partial charge in [0.1, 0.15) is 4.87 Å². The second-order valence-electron chi connectivity index (χ2n) is 3.44. The molecule has 1 aromatic carbocycles. The summed E-state index contributed by atoms with van der Waals surface area (Å²) in [6.07, 6.45) is 0. The topological polar surface area (TPSA) is 29.1 Å². The van der Waals surface area contributed by atoms with Crippen LogP contribution in [0, 0.1) is 0 Å². The van der Waals surface area contributed by atoms with Crippen molar-refractivity contribution in [2.75, 3.05) is 5.32 Å². The quantitative estimate of drug-likeness (QED) is 0.778. The Kier molecular flexibility index (Phi) is 3.40. The number of hydrogen-bond donors (Lipinski definition) is 1. The van der Waals surface area contributed by atoms with Crippen LogP contribution >= 0.6 is 23.2 Å². The number of rotatable bonds is 2. The first kappa shape index (κ1) is 11.3. The second kappa shape index (κ2) is 4.20. The summed E-state index contributed by atoms with van der Waals surface area (Å²) in [5.74, 6) is -0.249. The van der Waals surface area contributed by atoms with Gasteiger partial charge in [0.25, 0.3) is 0 Å². The SMILES string of the molecule is CC(C)(Cl)C(=O)Nc1cccc(Cl)c1. The van der Waals surface area contributed by atoms with Gasteiger partial charge in [-0.1, -0.05) is 17.7 Å². The third kappa shape index (κ3) is 3.20. The number of hydrogen-bond acceptors (Lipinski definition) is 1. The molecule has 0 saturated carbocycles. The molecular formula is C10H11Cl2NO. The Labute approximate surface area is 93.2 Å². The highest BCUT2D eigenvalue weighted by Crippen LogP contribution is 2.19. The van der Waals surface area contributed by atoms with Gasteiger partial charge in [-0.05, 0) is 32.0 Å². The Morgan fingerprint density at radius 2 is 2.07 bits per heavy atom. The predicted octanol–water partition coefficient (Wildman–Crippen LogP) is 3.30. The molecule has 0 aliphatic carbocycles. The molecule has 0 spiro atoms. The minimum Gasteiger partial charge on any atom is -0.325 e. The van der Waals surface area contributed by atoms with Gasteiger partial charge >= 0.3 is 0 Å². The molecule has 0 fully saturated rings. The molecule has 0 radical (unpaired) electrons. The van der Waals surface area contributed by atoms with E-state index in [9.17, 15) is 4.79 Å². The van der Waals surface area contributed by atoms with E-state index in [0.29, 0.717) is 10.7 Å². The highest BCUT2D eigenvalue weighted by atomic mass is 35.5. The molecule has 0 atom stereocenters. The average Bonchev–Trinajstić information content (AvgIpc) is 2.02. The molecule has 1 aromatic rings. The van der Waals surface area contributed by atoms with E-state index < -0.39 is 4.87 Å². The highest BCUT2D eigenvalue weighted by molar-refractivity contribution is 6.36. The summed E-state index contributed by atoms with van der Waals surface area (Å²) in [7, 11) is 0. The number of halogens is 2. The molecule has 0 saturated heterocycles. The summed E-state index contributed by atoms with van der Waals surface area (Å²) >= 11 is 11.6. The number of benzene rings is 1. The fourth-order valence-corrected chi connectivity index (χ4v) is 1.08. The van der Waals surface area contributed by atoms with Crippen LogP contribution in [-0.4, -0.2) is 10.8 Å². The van der Waals surface area contributed by atoms with Crippen molar-refractivity contribution in [1.29, 1.82) is 0 Å². The molecule has 0 aliphatic heterocycles. The van der Waals surface area contributed by atoms with Crippen LogP contribution in [0.25, 0.3) is 0 Å². The largest absolute Gasteiger partial charge is 0.325 e. The Bertz CT molecular complexity index is 344. The summed E-state index contributed by atoms with van der Waals surface area (Å²) in [6.45, 7) is 3.27. The van der Waals surface area contributed by atoms with E-state index in [4.69, 9.17) is 23.2 Å².